The van der Waals surface area contributed by atoms with E-state index in [0.29, 0.717) is 12.8 Å². The molecule has 21 nitrogen and oxygen atoms in total. The van der Waals surface area contributed by atoms with E-state index in [1.165, 1.54) is 0 Å². The predicted octanol–water partition coefficient (Wildman–Crippen LogP) is 10.5. The second kappa shape index (κ2) is 31.1. The Hall–Kier alpha value is -5.39. The minimum atomic E-state index is -4.51. The Bertz CT molecular complexity index is 2750. The van der Waals surface area contributed by atoms with E-state index in [1.807, 2.05) is 156 Å². The molecule has 4 aromatic carbocycles. The summed E-state index contributed by atoms with van der Waals surface area (Å²) in [7, 11) is -7.33. The average molecular weight is 1190 g/mol. The van der Waals surface area contributed by atoms with E-state index < -0.39 is 114 Å². The Labute approximate surface area is 487 Å². The summed E-state index contributed by atoms with van der Waals surface area (Å²) in [4.78, 5) is 44.3. The Morgan fingerprint density at radius 1 is 0.723 bits per heavy atom. The minimum absolute atomic E-state index is 0.0262. The van der Waals surface area contributed by atoms with Gasteiger partial charge in [0.05, 0.1) is 65.2 Å². The molecule has 0 bridgehead atoms. The van der Waals surface area contributed by atoms with Gasteiger partial charge in [0.1, 0.15) is 54.8 Å². The smallest absolute Gasteiger partial charge is 0.462 e. The zero-order chi connectivity index (χ0) is 59.6. The number of aliphatic hydroxyl groups is 1. The van der Waals surface area contributed by atoms with Crippen molar-refractivity contribution in [2.24, 2.45) is 5.11 Å². The lowest BCUT2D eigenvalue weighted by Crippen LogP contribution is -2.66. The molecule has 0 spiro atoms. The van der Waals surface area contributed by atoms with E-state index in [-0.39, 0.29) is 63.9 Å². The van der Waals surface area contributed by atoms with E-state index in [4.69, 9.17) is 55.9 Å². The molecule has 3 aliphatic heterocycles. The highest BCUT2D eigenvalue weighted by molar-refractivity contribution is 7.48. The molecule has 0 aliphatic carbocycles. The lowest BCUT2D eigenvalue weighted by molar-refractivity contribution is -0.300. The normalized spacial score (nSPS) is 25.1. The maximum absolute atomic E-state index is 14.6. The maximum atomic E-state index is 14.6. The van der Waals surface area contributed by atoms with Gasteiger partial charge in [-0.2, -0.15) is 0 Å². The number of hydrogen-bond donors (Lipinski definition) is 2. The molecule has 0 radical (unpaired) electrons. The van der Waals surface area contributed by atoms with Crippen molar-refractivity contribution in [2.45, 2.75) is 198 Å². The molecular formula is C60H81N4O17PSi. The van der Waals surface area contributed by atoms with Crippen molar-refractivity contribution in [1.82, 2.24) is 5.32 Å². The molecule has 23 heteroatoms. The van der Waals surface area contributed by atoms with Crippen LogP contribution in [0.25, 0.3) is 10.4 Å². The number of rotatable bonds is 28. The number of amides is 1. The second-order valence-electron chi connectivity index (χ2n) is 22.2. The number of aliphatic hydroxyl groups excluding tert-OH is 1. The molecule has 4 unspecified atom stereocenters. The first-order valence-electron chi connectivity index (χ1n) is 28.4. The van der Waals surface area contributed by atoms with E-state index in [9.17, 15) is 29.6 Å². The van der Waals surface area contributed by atoms with Gasteiger partial charge in [-0.3, -0.25) is 28.0 Å². The summed E-state index contributed by atoms with van der Waals surface area (Å²) in [5, 5.41) is 19.4. The molecule has 3 heterocycles. The zero-order valence-corrected chi connectivity index (χ0v) is 50.5. The van der Waals surface area contributed by atoms with Gasteiger partial charge < -0.3 is 52.7 Å². The molecule has 3 aliphatic rings. The van der Waals surface area contributed by atoms with Gasteiger partial charge in [-0.15, -0.1) is 0 Å². The molecule has 2 fully saturated rings. The molecule has 0 aromatic heterocycles. The number of phosphoric ester groups is 1. The summed E-state index contributed by atoms with van der Waals surface area (Å²) in [6, 6.07) is 32.6. The van der Waals surface area contributed by atoms with Crippen molar-refractivity contribution >= 4 is 34.0 Å². The number of azide groups is 1. The number of phosphoric acid groups is 1. The zero-order valence-electron chi connectivity index (χ0n) is 48.7. The van der Waals surface area contributed by atoms with Gasteiger partial charge in [-0.25, -0.2) is 4.57 Å². The first-order valence-corrected chi connectivity index (χ1v) is 32.8. The fraction of sp³-hybridized carbons (Fsp3) is 0.550. The van der Waals surface area contributed by atoms with Crippen molar-refractivity contribution < 1.29 is 79.9 Å². The van der Waals surface area contributed by atoms with Crippen LogP contribution in [-0.2, 0) is 108 Å². The third kappa shape index (κ3) is 18.8. The minimum Gasteiger partial charge on any atom is -0.462 e. The van der Waals surface area contributed by atoms with Crippen molar-refractivity contribution in [3.05, 3.63) is 154 Å². The van der Waals surface area contributed by atoms with Gasteiger partial charge in [0.2, 0.25) is 5.91 Å². The van der Waals surface area contributed by atoms with Gasteiger partial charge in [0.25, 0.3) is 0 Å². The summed E-state index contributed by atoms with van der Waals surface area (Å²) < 4.78 is 91.0. The Kier molecular flexibility index (Phi) is 24.4. The summed E-state index contributed by atoms with van der Waals surface area (Å²) in [6.07, 6.45) is -12.3. The number of carbonyl (C=O) groups excluding carboxylic acids is 3. The predicted molar refractivity (Wildman–Crippen MR) is 307 cm³/mol. The number of nitrogens with one attached hydrogen (secondary N) is 1. The molecule has 12 atom stereocenters. The number of hydrogen-bond acceptors (Lipinski definition) is 18. The number of carbonyl (C=O) groups is 3. The van der Waals surface area contributed by atoms with Gasteiger partial charge in [0.15, 0.2) is 20.9 Å². The van der Waals surface area contributed by atoms with Crippen LogP contribution in [0, 0.1) is 0 Å². The monoisotopic (exact) mass is 1190 g/mol. The lowest BCUT2D eigenvalue weighted by atomic mass is 9.95. The highest BCUT2D eigenvalue weighted by Gasteiger charge is 2.55. The summed E-state index contributed by atoms with van der Waals surface area (Å²) in [6.45, 7) is 14.7. The maximum Gasteiger partial charge on any atom is 0.475 e. The molecule has 2 N–H and O–H groups in total. The van der Waals surface area contributed by atoms with Crippen LogP contribution in [-0.4, -0.2) is 118 Å². The van der Waals surface area contributed by atoms with Crippen LogP contribution in [0.5, 0.6) is 0 Å². The Morgan fingerprint density at radius 2 is 1.28 bits per heavy atom. The summed E-state index contributed by atoms with van der Waals surface area (Å²) in [5.74, 6) is -1.83. The molecule has 4 aromatic rings. The molecule has 83 heavy (non-hydrogen) atoms. The number of ether oxygens (including phenoxy) is 8. The third-order valence-corrected chi connectivity index (χ3v) is 21.0. The number of benzene rings is 4. The summed E-state index contributed by atoms with van der Waals surface area (Å²) in [5.41, 5.74) is 14.2. The molecule has 7 rings (SSSR count). The SMILES string of the molecule is CCC(=O)O[C@H](CC)CC(=O)NC1[C@H](OCC2O[C@@H](O[Si](C)(C)C(C)(C)C)C(N=[N+]=[N-])[C@@H](OC(=O)C[C@@H](CC)OCc3ccccc3)[C@@H]2OCc2ccccc2)OC(COCc2ccccc2)[C@@H](OP2(=O)OCc3ccccc3CO2)[C@@H]1O. The summed E-state index contributed by atoms with van der Waals surface area (Å²) >= 11 is 0. The van der Waals surface area contributed by atoms with Gasteiger partial charge in [-0.05, 0) is 64.3 Å². The molecule has 2 saturated heterocycles. The van der Waals surface area contributed by atoms with Crippen molar-refractivity contribution in [3.63, 3.8) is 0 Å². The van der Waals surface area contributed by atoms with Crippen LogP contribution in [0.4, 0.5) is 0 Å². The fourth-order valence-corrected chi connectivity index (χ4v) is 11.8. The van der Waals surface area contributed by atoms with E-state index in [1.54, 1.807) is 13.8 Å². The quantitative estimate of drug-likeness (QED) is 0.0134. The standard InChI is InChI=1S/C60H81N4O17PSi/c1-9-45(71-34-41-25-17-13-18-26-41)32-51(67)79-57-53(63-64-61)59(81-83(7,8)60(4,5)6)78-48(56(57)72-35-42-27-19-14-20-28-42)39-73-58-52(62-49(65)31-46(10-2)76-50(66)11-3)54(68)55(47(77-58)38-70-33-40-23-15-12-16-24-40)80-82(69)74-36-43-29-21-22-30-44(43)37-75-82/h12-30,45-48,52-59,68H,9-11,31-39H2,1-8H3,(H,62,65)/t45-,46-,47?,48?,52?,53?,54-,55-,56-,57-,58-,59+/m1/s1. The highest BCUT2D eigenvalue weighted by atomic mass is 31.2. The van der Waals surface area contributed by atoms with Crippen LogP contribution in [0.15, 0.2) is 120 Å². The number of nitrogens with zero attached hydrogens (tertiary/aromatic N) is 3. The molecule has 0 saturated carbocycles. The van der Waals surface area contributed by atoms with Gasteiger partial charge in [-0.1, -0.05) is 162 Å². The van der Waals surface area contributed by atoms with Crippen molar-refractivity contribution in [2.75, 3.05) is 13.2 Å². The van der Waals surface area contributed by atoms with Crippen molar-refractivity contribution in [3.8, 4) is 0 Å². The number of esters is 2. The van der Waals surface area contributed by atoms with Gasteiger partial charge in [0, 0.05) is 11.3 Å². The van der Waals surface area contributed by atoms with Crippen LogP contribution in [0.3, 0.4) is 0 Å². The van der Waals surface area contributed by atoms with Gasteiger partial charge >= 0.3 is 19.8 Å². The van der Waals surface area contributed by atoms with Crippen LogP contribution < -0.4 is 5.32 Å². The topological polar surface area (TPSA) is 260 Å². The second-order valence-corrected chi connectivity index (χ2v) is 28.6. The number of fused-ring (bicyclic) bond motifs is 1. The third-order valence-electron chi connectivity index (χ3n) is 15.1. The van der Waals surface area contributed by atoms with E-state index in [2.05, 4.69) is 15.3 Å². The highest BCUT2D eigenvalue weighted by Crippen LogP contribution is 2.55. The first kappa shape index (κ1) is 65.2. The molecule has 452 valence electrons. The lowest BCUT2D eigenvalue weighted by Gasteiger charge is -2.49. The largest absolute Gasteiger partial charge is 0.475 e. The molecule has 1 amide bonds. The Balaban J connectivity index is 1.25. The Morgan fingerprint density at radius 3 is 1.84 bits per heavy atom. The average Bonchev–Trinajstić information content (AvgIpc) is 3.17. The fourth-order valence-electron chi connectivity index (χ4n) is 9.28. The first-order chi connectivity index (χ1) is 39.8. The molecular weight excluding hydrogens is 1110 g/mol. The van der Waals surface area contributed by atoms with Crippen LogP contribution in [0.2, 0.25) is 18.1 Å². The van der Waals surface area contributed by atoms with Crippen LogP contribution in [0.1, 0.15) is 101 Å². The van der Waals surface area contributed by atoms with E-state index >= 15 is 0 Å². The van der Waals surface area contributed by atoms with E-state index in [0.717, 1.165) is 27.8 Å². The van der Waals surface area contributed by atoms with Crippen molar-refractivity contribution in [1.29, 1.82) is 0 Å². The van der Waals surface area contributed by atoms with Crippen LogP contribution >= 0.6 is 7.82 Å².